The van der Waals surface area contributed by atoms with E-state index in [2.05, 4.69) is 33.4 Å². The molecule has 0 aliphatic rings. The highest BCUT2D eigenvalue weighted by molar-refractivity contribution is 7.80. The van der Waals surface area contributed by atoms with Gasteiger partial charge in [0, 0.05) is 11.9 Å². The van der Waals surface area contributed by atoms with Crippen molar-refractivity contribution in [2.45, 2.75) is 39.5 Å². The van der Waals surface area contributed by atoms with Gasteiger partial charge in [0.05, 0.1) is 0 Å². The Labute approximate surface area is 70.1 Å². The lowest BCUT2D eigenvalue weighted by molar-refractivity contribution is 0.247. The summed E-state index contributed by atoms with van der Waals surface area (Å²) in [6.45, 7) is 6.80. The summed E-state index contributed by atoms with van der Waals surface area (Å²) >= 11 is 4.14. The van der Waals surface area contributed by atoms with E-state index in [1.165, 1.54) is 0 Å². The Balaban J connectivity index is 3.41. The molecule has 0 bridgehead atoms. The van der Waals surface area contributed by atoms with Crippen molar-refractivity contribution in [3.8, 4) is 0 Å². The molecule has 0 saturated carbocycles. The third-order valence-corrected chi connectivity index (χ3v) is 2.11. The lowest BCUT2D eigenvalue weighted by Gasteiger charge is -2.15. The van der Waals surface area contributed by atoms with E-state index in [0.29, 0.717) is 13.0 Å². The number of thiol groups is 1. The Kier molecular flexibility index (Phi) is 6.34. The van der Waals surface area contributed by atoms with Gasteiger partial charge >= 0.3 is 0 Å². The maximum atomic E-state index is 5.62. The fraction of sp³-hybridized carbons (Fsp3) is 1.00. The van der Waals surface area contributed by atoms with Crippen LogP contribution in [-0.4, -0.2) is 18.8 Å². The molecule has 3 heteroatoms. The average molecular weight is 160 g/mol. The minimum atomic E-state index is 0.299. The summed E-state index contributed by atoms with van der Waals surface area (Å²) in [7, 11) is 0. The molecule has 1 atom stereocenters. The summed E-state index contributed by atoms with van der Waals surface area (Å²) in [6, 6.07) is 0. The first kappa shape index (κ1) is 10.4. The van der Waals surface area contributed by atoms with Crippen LogP contribution in [0.2, 0.25) is 12.6 Å². The fourth-order valence-electron chi connectivity index (χ4n) is 0.853. The average Bonchev–Trinajstić information content (AvgIpc) is 1.99. The molecule has 0 radical (unpaired) electrons. The second-order valence-corrected chi connectivity index (χ2v) is 2.93. The first-order chi connectivity index (χ1) is 4.74. The zero-order valence-electron chi connectivity index (χ0n) is 7.13. The monoisotopic (exact) mass is 160 g/mol. The van der Waals surface area contributed by atoms with Crippen molar-refractivity contribution in [3.05, 3.63) is 0 Å². The van der Waals surface area contributed by atoms with Gasteiger partial charge in [0.2, 0.25) is 0 Å². The first-order valence-electron chi connectivity index (χ1n) is 4.00. The Morgan fingerprint density at radius 1 is 1.40 bits per heavy atom. The summed E-state index contributed by atoms with van der Waals surface area (Å²) in [5.41, 5.74) is 0. The molecule has 0 spiro atoms. The van der Waals surface area contributed by atoms with Crippen LogP contribution < -0.4 is 0 Å². The van der Waals surface area contributed by atoms with Crippen molar-refractivity contribution in [2.24, 2.45) is 0 Å². The van der Waals surface area contributed by atoms with Crippen LogP contribution in [0.15, 0.2) is 0 Å². The molecule has 0 N–H and O–H groups in total. The molecule has 0 rings (SSSR count). The van der Waals surface area contributed by atoms with Crippen LogP contribution in [0.25, 0.3) is 0 Å². The van der Waals surface area contributed by atoms with Crippen LogP contribution in [0.5, 0.6) is 0 Å². The predicted molar refractivity (Wildman–Crippen MR) is 51.1 cm³/mol. The predicted octanol–water partition coefficient (Wildman–Crippen LogP) is 2.35. The highest BCUT2D eigenvalue weighted by Crippen LogP contribution is 2.04. The summed E-state index contributed by atoms with van der Waals surface area (Å²) < 4.78 is 5.62. The minimum absolute atomic E-state index is 0.299. The minimum Gasteiger partial charge on any atom is -0.433 e. The number of hydrogen-bond acceptors (Lipinski definition) is 2. The molecular formula is C7H17BOS. The first-order valence-corrected chi connectivity index (χ1v) is 4.64. The normalized spacial score (nSPS) is 13.2. The number of rotatable bonds is 5. The van der Waals surface area contributed by atoms with Crippen LogP contribution in [0.4, 0.5) is 0 Å². The lowest BCUT2D eigenvalue weighted by Crippen LogP contribution is -2.23. The Morgan fingerprint density at radius 2 is 1.90 bits per heavy atom. The van der Waals surface area contributed by atoms with Gasteiger partial charge in [0.15, 0.2) is 0 Å². The lowest BCUT2D eigenvalue weighted by atomic mass is 9.62. The molecule has 0 aromatic rings. The van der Waals surface area contributed by atoms with E-state index in [0.717, 1.165) is 18.4 Å². The summed E-state index contributed by atoms with van der Waals surface area (Å²) in [6.07, 6.45) is 2.51. The molecule has 60 valence electrons. The van der Waals surface area contributed by atoms with Gasteiger partial charge in [-0.2, -0.15) is 12.6 Å². The Bertz CT molecular complexity index is 76.0. The van der Waals surface area contributed by atoms with E-state index in [1.54, 1.807) is 0 Å². The van der Waals surface area contributed by atoms with Crippen molar-refractivity contribution < 1.29 is 4.65 Å². The summed E-state index contributed by atoms with van der Waals surface area (Å²) in [5.74, 6) is 0.816. The van der Waals surface area contributed by atoms with Gasteiger partial charge < -0.3 is 4.65 Å². The molecule has 0 aliphatic carbocycles. The molecule has 1 unspecified atom stereocenters. The quantitative estimate of drug-likeness (QED) is 0.479. The third-order valence-electron chi connectivity index (χ3n) is 1.59. The second kappa shape index (κ2) is 6.11. The molecule has 0 saturated heterocycles. The van der Waals surface area contributed by atoms with Crippen molar-refractivity contribution >= 4 is 19.5 Å². The SMILES string of the molecule is CCB(CC)OC(C)CS. The van der Waals surface area contributed by atoms with E-state index in [1.807, 2.05) is 0 Å². The molecule has 0 aliphatic heterocycles. The zero-order valence-corrected chi connectivity index (χ0v) is 8.03. The molecule has 0 aromatic carbocycles. The van der Waals surface area contributed by atoms with Crippen LogP contribution in [0, 0.1) is 0 Å². The zero-order chi connectivity index (χ0) is 7.98. The third kappa shape index (κ3) is 4.23. The smallest absolute Gasteiger partial charge is 0.292 e. The van der Waals surface area contributed by atoms with Crippen molar-refractivity contribution in [2.75, 3.05) is 5.75 Å². The Hall–Kier alpha value is 0.375. The molecule has 1 nitrogen and oxygen atoms in total. The topological polar surface area (TPSA) is 9.23 Å². The fourth-order valence-corrected chi connectivity index (χ4v) is 0.939. The van der Waals surface area contributed by atoms with E-state index in [4.69, 9.17) is 4.65 Å². The standard InChI is InChI=1S/C7H17BOS/c1-4-8(5-2)9-7(3)6-10/h7,10H,4-6H2,1-3H3. The van der Waals surface area contributed by atoms with Crippen LogP contribution in [0.1, 0.15) is 20.8 Å². The van der Waals surface area contributed by atoms with Gasteiger partial charge in [-0.1, -0.05) is 26.5 Å². The van der Waals surface area contributed by atoms with Gasteiger partial charge in [0.25, 0.3) is 6.92 Å². The molecule has 0 aromatic heterocycles. The van der Waals surface area contributed by atoms with Crippen molar-refractivity contribution in [3.63, 3.8) is 0 Å². The van der Waals surface area contributed by atoms with Crippen molar-refractivity contribution in [1.29, 1.82) is 0 Å². The van der Waals surface area contributed by atoms with Gasteiger partial charge in [-0.25, -0.2) is 0 Å². The highest BCUT2D eigenvalue weighted by atomic mass is 32.1. The van der Waals surface area contributed by atoms with E-state index in [-0.39, 0.29) is 0 Å². The molecule has 0 amide bonds. The maximum absolute atomic E-state index is 5.62. The van der Waals surface area contributed by atoms with E-state index >= 15 is 0 Å². The van der Waals surface area contributed by atoms with Gasteiger partial charge in [0.1, 0.15) is 0 Å². The molecular weight excluding hydrogens is 143 g/mol. The van der Waals surface area contributed by atoms with E-state index in [9.17, 15) is 0 Å². The molecule has 10 heavy (non-hydrogen) atoms. The van der Waals surface area contributed by atoms with Gasteiger partial charge in [-0.05, 0) is 6.92 Å². The maximum Gasteiger partial charge on any atom is 0.292 e. The summed E-state index contributed by atoms with van der Waals surface area (Å²) in [4.78, 5) is 0. The highest BCUT2D eigenvalue weighted by Gasteiger charge is 2.12. The van der Waals surface area contributed by atoms with Crippen molar-refractivity contribution in [1.82, 2.24) is 0 Å². The Morgan fingerprint density at radius 3 is 2.20 bits per heavy atom. The van der Waals surface area contributed by atoms with Crippen LogP contribution in [-0.2, 0) is 4.65 Å². The van der Waals surface area contributed by atoms with E-state index < -0.39 is 0 Å². The molecule has 0 fully saturated rings. The van der Waals surface area contributed by atoms with Gasteiger partial charge in [-0.15, -0.1) is 0 Å². The van der Waals surface area contributed by atoms with Crippen LogP contribution >= 0.6 is 12.6 Å². The number of hydrogen-bond donors (Lipinski definition) is 1. The molecule has 0 heterocycles. The summed E-state index contributed by atoms with van der Waals surface area (Å²) in [5, 5.41) is 0. The largest absolute Gasteiger partial charge is 0.433 e. The second-order valence-electron chi connectivity index (χ2n) is 2.57. The van der Waals surface area contributed by atoms with Crippen LogP contribution in [0.3, 0.4) is 0 Å². The van der Waals surface area contributed by atoms with Gasteiger partial charge in [-0.3, -0.25) is 0 Å².